The van der Waals surface area contributed by atoms with Crippen molar-refractivity contribution in [2.24, 2.45) is 7.05 Å². The molecule has 0 amide bonds. The standard InChI is InChI=1S/C23H20F4N10/c1-13-10-28-19(30-20-3-5-29-34(20)2)8-16(13)14-7-17-21-31-32-22(23(26,27)36-6-4-18(25)33-36)37(21)15(9-24)12-35(17)11-14/h3-8,10-11,15H,9,12H2,1-2H3,(H,28,30)/t15-/m0/s1. The van der Waals surface area contributed by atoms with Gasteiger partial charge >= 0.3 is 6.05 Å². The number of hydrogen-bond acceptors (Lipinski definition) is 6. The van der Waals surface area contributed by atoms with Crippen LogP contribution in [0.25, 0.3) is 22.6 Å². The molecule has 5 aromatic rings. The van der Waals surface area contributed by atoms with Crippen LogP contribution < -0.4 is 5.32 Å². The van der Waals surface area contributed by atoms with Gasteiger partial charge in [0.2, 0.25) is 11.8 Å². The molecule has 1 N–H and O–H groups in total. The lowest BCUT2D eigenvalue weighted by molar-refractivity contribution is -0.0626. The fraction of sp³-hybridized carbons (Fsp3) is 0.261. The molecule has 0 saturated heterocycles. The summed E-state index contributed by atoms with van der Waals surface area (Å²) in [6, 6.07) is 1.45. The summed E-state index contributed by atoms with van der Waals surface area (Å²) in [4.78, 5) is 4.43. The molecule has 0 saturated carbocycles. The molecular weight excluding hydrogens is 492 g/mol. The van der Waals surface area contributed by atoms with Crippen LogP contribution >= 0.6 is 0 Å². The van der Waals surface area contributed by atoms with E-state index in [1.807, 2.05) is 25.3 Å². The molecule has 0 unspecified atom stereocenters. The van der Waals surface area contributed by atoms with Crippen LogP contribution in [0.3, 0.4) is 0 Å². The smallest absolute Gasteiger partial charge is 0.342 e. The van der Waals surface area contributed by atoms with Gasteiger partial charge in [0.1, 0.15) is 18.3 Å². The number of hydrogen-bond donors (Lipinski definition) is 1. The van der Waals surface area contributed by atoms with E-state index in [-0.39, 0.29) is 17.1 Å². The zero-order valence-corrected chi connectivity index (χ0v) is 19.6. The third kappa shape index (κ3) is 3.67. The molecule has 0 fully saturated rings. The molecule has 6 rings (SSSR count). The first kappa shape index (κ1) is 22.9. The lowest BCUT2D eigenvalue weighted by Crippen LogP contribution is -2.34. The Bertz CT molecular complexity index is 1610. The minimum atomic E-state index is -3.84. The van der Waals surface area contributed by atoms with Crippen molar-refractivity contribution in [2.75, 3.05) is 12.0 Å². The molecule has 6 heterocycles. The molecule has 14 heteroatoms. The van der Waals surface area contributed by atoms with Crippen LogP contribution in [0.2, 0.25) is 0 Å². The first-order valence-corrected chi connectivity index (χ1v) is 11.3. The van der Waals surface area contributed by atoms with Crippen molar-refractivity contribution in [2.45, 2.75) is 25.6 Å². The fourth-order valence-electron chi connectivity index (χ4n) is 4.53. The van der Waals surface area contributed by atoms with Gasteiger partial charge in [0, 0.05) is 49.9 Å². The van der Waals surface area contributed by atoms with Crippen LogP contribution in [0.4, 0.5) is 29.2 Å². The molecule has 0 spiro atoms. The van der Waals surface area contributed by atoms with Gasteiger partial charge in [-0.3, -0.25) is 9.25 Å². The maximum Gasteiger partial charge on any atom is 0.404 e. The number of aromatic nitrogens is 9. The van der Waals surface area contributed by atoms with Crippen LogP contribution in [0.5, 0.6) is 0 Å². The Balaban J connectivity index is 1.41. The average Bonchev–Trinajstić information content (AvgIpc) is 3.66. The Labute approximate surface area is 207 Å². The van der Waals surface area contributed by atoms with Gasteiger partial charge in [-0.1, -0.05) is 0 Å². The molecule has 1 atom stereocenters. The molecule has 1 aliphatic heterocycles. The summed E-state index contributed by atoms with van der Waals surface area (Å²) < 4.78 is 62.6. The number of fused-ring (bicyclic) bond motifs is 3. The van der Waals surface area contributed by atoms with Crippen molar-refractivity contribution in [1.82, 2.24) is 43.9 Å². The lowest BCUT2D eigenvalue weighted by atomic mass is 10.1. The van der Waals surface area contributed by atoms with Gasteiger partial charge in [-0.25, -0.2) is 9.37 Å². The van der Waals surface area contributed by atoms with E-state index in [4.69, 9.17) is 0 Å². The number of nitrogens with one attached hydrogen (secondary N) is 1. The summed E-state index contributed by atoms with van der Waals surface area (Å²) in [5.74, 6) is -0.453. The Morgan fingerprint density at radius 1 is 1.19 bits per heavy atom. The normalized spacial score (nSPS) is 15.0. The number of nitrogens with zero attached hydrogens (tertiary/aromatic N) is 9. The zero-order chi connectivity index (χ0) is 25.9. The minimum absolute atomic E-state index is 0.0810. The largest absolute Gasteiger partial charge is 0.404 e. The maximum atomic E-state index is 15.2. The molecule has 0 aromatic carbocycles. The molecule has 0 radical (unpaired) electrons. The quantitative estimate of drug-likeness (QED) is 0.345. The molecule has 37 heavy (non-hydrogen) atoms. The van der Waals surface area contributed by atoms with Gasteiger partial charge in [-0.15, -0.1) is 15.3 Å². The predicted octanol–water partition coefficient (Wildman–Crippen LogP) is 4.05. The number of pyridine rings is 1. The van der Waals surface area contributed by atoms with Crippen molar-refractivity contribution in [3.8, 4) is 22.6 Å². The van der Waals surface area contributed by atoms with Gasteiger partial charge < -0.3 is 9.88 Å². The fourth-order valence-corrected chi connectivity index (χ4v) is 4.53. The van der Waals surface area contributed by atoms with E-state index in [9.17, 15) is 8.78 Å². The Morgan fingerprint density at radius 3 is 2.73 bits per heavy atom. The van der Waals surface area contributed by atoms with Crippen molar-refractivity contribution in [3.63, 3.8) is 0 Å². The van der Waals surface area contributed by atoms with E-state index >= 15 is 8.78 Å². The van der Waals surface area contributed by atoms with Crippen LogP contribution in [-0.4, -0.2) is 50.6 Å². The molecular formula is C23H20F4N10. The number of anilines is 2. The highest BCUT2D eigenvalue weighted by atomic mass is 19.3. The van der Waals surface area contributed by atoms with Gasteiger partial charge in [-0.2, -0.15) is 23.0 Å². The van der Waals surface area contributed by atoms with Crippen molar-refractivity contribution in [3.05, 3.63) is 66.4 Å². The van der Waals surface area contributed by atoms with E-state index in [1.165, 1.54) is 0 Å². The second kappa shape index (κ2) is 8.28. The van der Waals surface area contributed by atoms with Crippen LogP contribution in [-0.2, 0) is 19.6 Å². The lowest BCUT2D eigenvalue weighted by Gasteiger charge is -2.27. The van der Waals surface area contributed by atoms with Crippen LogP contribution in [0.1, 0.15) is 17.4 Å². The third-order valence-corrected chi connectivity index (χ3v) is 6.38. The van der Waals surface area contributed by atoms with Crippen molar-refractivity contribution < 1.29 is 17.6 Å². The molecule has 0 bridgehead atoms. The monoisotopic (exact) mass is 512 g/mol. The second-order valence-corrected chi connectivity index (χ2v) is 8.77. The van der Waals surface area contributed by atoms with E-state index < -0.39 is 30.5 Å². The average molecular weight is 512 g/mol. The second-order valence-electron chi connectivity index (χ2n) is 8.77. The summed E-state index contributed by atoms with van der Waals surface area (Å²) >= 11 is 0. The maximum absolute atomic E-state index is 15.2. The first-order chi connectivity index (χ1) is 17.8. The summed E-state index contributed by atoms with van der Waals surface area (Å²) in [6.07, 6.45) is 6.01. The van der Waals surface area contributed by atoms with E-state index in [1.54, 1.807) is 34.8 Å². The highest BCUT2D eigenvalue weighted by Gasteiger charge is 2.44. The Morgan fingerprint density at radius 2 is 2.03 bits per heavy atom. The Kier molecular flexibility index (Phi) is 5.14. The molecule has 190 valence electrons. The van der Waals surface area contributed by atoms with E-state index in [2.05, 4.69) is 30.7 Å². The highest BCUT2D eigenvalue weighted by Crippen LogP contribution is 2.39. The third-order valence-electron chi connectivity index (χ3n) is 6.38. The summed E-state index contributed by atoms with van der Waals surface area (Å²) in [6.45, 7) is 1.06. The summed E-state index contributed by atoms with van der Waals surface area (Å²) in [7, 11) is 1.80. The Hall–Kier alpha value is -4.49. The molecule has 0 aliphatic carbocycles. The summed E-state index contributed by atoms with van der Waals surface area (Å²) in [5, 5.41) is 18.2. The van der Waals surface area contributed by atoms with Crippen molar-refractivity contribution >= 4 is 11.6 Å². The predicted molar refractivity (Wildman–Crippen MR) is 124 cm³/mol. The number of alkyl halides is 3. The summed E-state index contributed by atoms with van der Waals surface area (Å²) in [5.41, 5.74) is 3.01. The van der Waals surface area contributed by atoms with E-state index in [0.717, 1.165) is 39.3 Å². The van der Waals surface area contributed by atoms with Crippen LogP contribution in [0.15, 0.2) is 49.1 Å². The van der Waals surface area contributed by atoms with E-state index in [0.29, 0.717) is 11.5 Å². The van der Waals surface area contributed by atoms with Crippen LogP contribution in [0, 0.1) is 12.9 Å². The number of rotatable bonds is 6. The number of aryl methyl sites for hydroxylation is 2. The first-order valence-electron chi connectivity index (χ1n) is 11.3. The minimum Gasteiger partial charge on any atom is -0.342 e. The van der Waals surface area contributed by atoms with Gasteiger partial charge in [0.25, 0.3) is 0 Å². The molecule has 10 nitrogen and oxygen atoms in total. The highest BCUT2D eigenvalue weighted by molar-refractivity contribution is 5.75. The van der Waals surface area contributed by atoms with Gasteiger partial charge in [-0.05, 0) is 30.2 Å². The molecule has 1 aliphatic rings. The van der Waals surface area contributed by atoms with Gasteiger partial charge in [0.15, 0.2) is 5.82 Å². The molecule has 5 aromatic heterocycles. The zero-order valence-electron chi connectivity index (χ0n) is 19.6. The van der Waals surface area contributed by atoms with Crippen molar-refractivity contribution in [1.29, 1.82) is 0 Å². The van der Waals surface area contributed by atoms with Gasteiger partial charge in [0.05, 0.1) is 17.9 Å². The topological polar surface area (TPSA) is 96.2 Å². The SMILES string of the molecule is Cc1cnc(Nc2ccnn2C)cc1-c1cc2n(c1)C[C@H](CF)n1c-2nnc1C(F)(F)n1ccc(F)n1. The number of halogens is 4.